The average Bonchev–Trinajstić information content (AvgIpc) is 3.33. The van der Waals surface area contributed by atoms with E-state index in [0.717, 1.165) is 17.0 Å². The molecular weight excluding hydrogens is 474 g/mol. The molecule has 2 fully saturated rings. The van der Waals surface area contributed by atoms with E-state index in [9.17, 15) is 22.4 Å². The summed E-state index contributed by atoms with van der Waals surface area (Å²) in [6, 6.07) is 8.53. The minimum absolute atomic E-state index is 0.0206. The van der Waals surface area contributed by atoms with Crippen molar-refractivity contribution >= 4 is 34.6 Å². The number of benzene rings is 2. The van der Waals surface area contributed by atoms with Crippen molar-refractivity contribution in [2.45, 2.75) is 38.1 Å². The SMILES string of the molecule is CC1(C)C(=O)N(c2ccc(C#N)c(C(F)(F)F)c2)C(=S)N1c1ccc(OC2CCOC2)c(F)c1. The lowest BCUT2D eigenvalue weighted by molar-refractivity contribution is -0.137. The van der Waals surface area contributed by atoms with Crippen molar-refractivity contribution in [1.82, 2.24) is 0 Å². The molecule has 0 radical (unpaired) electrons. The van der Waals surface area contributed by atoms with Gasteiger partial charge in [0, 0.05) is 18.2 Å². The lowest BCUT2D eigenvalue weighted by Gasteiger charge is -2.29. The molecule has 0 aromatic heterocycles. The van der Waals surface area contributed by atoms with Crippen LogP contribution in [0.4, 0.5) is 28.9 Å². The second-order valence-corrected chi connectivity index (χ2v) is 8.74. The minimum Gasteiger partial charge on any atom is -0.485 e. The number of nitriles is 1. The molecule has 0 spiro atoms. The van der Waals surface area contributed by atoms with E-state index in [2.05, 4.69) is 0 Å². The molecule has 2 aromatic carbocycles. The second kappa shape index (κ2) is 8.52. The number of hydrogen-bond acceptors (Lipinski definition) is 5. The lowest BCUT2D eigenvalue weighted by Crippen LogP contribution is -2.44. The number of halogens is 4. The zero-order valence-electron chi connectivity index (χ0n) is 18.1. The van der Waals surface area contributed by atoms with E-state index in [0.29, 0.717) is 25.7 Å². The van der Waals surface area contributed by atoms with Crippen LogP contribution in [-0.2, 0) is 15.7 Å². The van der Waals surface area contributed by atoms with Crippen molar-refractivity contribution in [3.63, 3.8) is 0 Å². The fourth-order valence-electron chi connectivity index (χ4n) is 3.97. The van der Waals surface area contributed by atoms with Gasteiger partial charge < -0.3 is 14.4 Å². The summed E-state index contributed by atoms with van der Waals surface area (Å²) < 4.78 is 66.0. The molecule has 2 aliphatic rings. The van der Waals surface area contributed by atoms with Crippen LogP contribution in [-0.4, -0.2) is 35.9 Å². The predicted octanol–water partition coefficient (Wildman–Crippen LogP) is 4.80. The first-order chi connectivity index (χ1) is 15.9. The fraction of sp³-hybridized carbons (Fsp3) is 0.348. The topological polar surface area (TPSA) is 65.8 Å². The summed E-state index contributed by atoms with van der Waals surface area (Å²) in [7, 11) is 0. The Morgan fingerprint density at radius 2 is 1.91 bits per heavy atom. The Hall–Kier alpha value is -3.23. The van der Waals surface area contributed by atoms with Gasteiger partial charge in [-0.1, -0.05) is 0 Å². The van der Waals surface area contributed by atoms with Crippen LogP contribution >= 0.6 is 12.2 Å². The zero-order chi connectivity index (χ0) is 24.8. The van der Waals surface area contributed by atoms with Crippen LogP contribution in [0.25, 0.3) is 0 Å². The van der Waals surface area contributed by atoms with Crippen LogP contribution in [0.5, 0.6) is 5.75 Å². The number of thiocarbonyl (C=S) groups is 1. The first-order valence-electron chi connectivity index (χ1n) is 10.3. The monoisotopic (exact) mass is 493 g/mol. The molecular formula is C23H19F4N3O3S. The number of alkyl halides is 3. The Morgan fingerprint density at radius 3 is 2.50 bits per heavy atom. The van der Waals surface area contributed by atoms with Gasteiger partial charge in [-0.3, -0.25) is 9.69 Å². The molecule has 2 aliphatic heterocycles. The molecule has 2 heterocycles. The van der Waals surface area contributed by atoms with Gasteiger partial charge in [0.25, 0.3) is 5.91 Å². The van der Waals surface area contributed by atoms with Crippen LogP contribution in [0.15, 0.2) is 36.4 Å². The van der Waals surface area contributed by atoms with Gasteiger partial charge in [0.1, 0.15) is 11.6 Å². The van der Waals surface area contributed by atoms with Gasteiger partial charge in [-0.05, 0) is 56.4 Å². The summed E-state index contributed by atoms with van der Waals surface area (Å²) in [5.41, 5.74) is -2.98. The third kappa shape index (κ3) is 4.08. The van der Waals surface area contributed by atoms with E-state index in [4.69, 9.17) is 27.0 Å². The smallest absolute Gasteiger partial charge is 0.417 e. The number of rotatable bonds is 4. The Balaban J connectivity index is 1.69. The molecule has 1 amide bonds. The van der Waals surface area contributed by atoms with Crippen molar-refractivity contribution in [2.24, 2.45) is 0 Å². The molecule has 2 aromatic rings. The predicted molar refractivity (Wildman–Crippen MR) is 119 cm³/mol. The van der Waals surface area contributed by atoms with Crippen LogP contribution < -0.4 is 14.5 Å². The lowest BCUT2D eigenvalue weighted by atomic mass is 10.0. The Kier molecular flexibility index (Phi) is 5.99. The summed E-state index contributed by atoms with van der Waals surface area (Å²) in [5, 5.41) is 8.92. The number of carbonyl (C=O) groups excluding carboxylic acids is 1. The highest BCUT2D eigenvalue weighted by atomic mass is 32.1. The van der Waals surface area contributed by atoms with Crippen LogP contribution in [0.2, 0.25) is 0 Å². The largest absolute Gasteiger partial charge is 0.485 e. The van der Waals surface area contributed by atoms with E-state index in [1.807, 2.05) is 0 Å². The molecule has 0 bridgehead atoms. The third-order valence-corrected chi connectivity index (χ3v) is 6.08. The highest BCUT2D eigenvalue weighted by Gasteiger charge is 2.51. The summed E-state index contributed by atoms with van der Waals surface area (Å²) in [6.07, 6.45) is -4.43. The van der Waals surface area contributed by atoms with Crippen molar-refractivity contribution in [3.8, 4) is 11.8 Å². The molecule has 178 valence electrons. The second-order valence-electron chi connectivity index (χ2n) is 8.38. The van der Waals surface area contributed by atoms with E-state index in [1.54, 1.807) is 0 Å². The van der Waals surface area contributed by atoms with Crippen molar-refractivity contribution in [3.05, 3.63) is 53.3 Å². The molecule has 34 heavy (non-hydrogen) atoms. The summed E-state index contributed by atoms with van der Waals surface area (Å²) in [4.78, 5) is 15.6. The van der Waals surface area contributed by atoms with Gasteiger partial charge in [0.2, 0.25) is 0 Å². The fourth-order valence-corrected chi connectivity index (χ4v) is 4.49. The van der Waals surface area contributed by atoms with Crippen LogP contribution in [0.1, 0.15) is 31.4 Å². The summed E-state index contributed by atoms with van der Waals surface area (Å²) in [6.45, 7) is 3.96. The zero-order valence-corrected chi connectivity index (χ0v) is 19.0. The standard InChI is InChI=1S/C23H19F4N3O3S/c1-22(2)20(31)29(14-4-3-13(11-28)17(9-14)23(25,26)27)21(34)30(22)15-5-6-19(18(24)10-15)33-16-7-8-32-12-16/h3-6,9-10,16H,7-8,12H2,1-2H3. The van der Waals surface area contributed by atoms with Gasteiger partial charge in [0.15, 0.2) is 16.7 Å². The molecule has 0 N–H and O–H groups in total. The van der Waals surface area contributed by atoms with Gasteiger partial charge in [-0.2, -0.15) is 18.4 Å². The van der Waals surface area contributed by atoms with Gasteiger partial charge in [-0.15, -0.1) is 0 Å². The summed E-state index contributed by atoms with van der Waals surface area (Å²) >= 11 is 5.46. The van der Waals surface area contributed by atoms with E-state index < -0.39 is 34.6 Å². The highest BCUT2D eigenvalue weighted by Crippen LogP contribution is 2.40. The maximum absolute atomic E-state index is 14.8. The molecule has 1 unspecified atom stereocenters. The number of carbonyl (C=O) groups is 1. The Labute approximate surface area is 198 Å². The number of amides is 1. The molecule has 6 nitrogen and oxygen atoms in total. The first kappa shape index (κ1) is 23.9. The minimum atomic E-state index is -4.80. The molecule has 0 aliphatic carbocycles. The van der Waals surface area contributed by atoms with Gasteiger partial charge in [0.05, 0.1) is 36.1 Å². The number of nitrogens with zero attached hydrogens (tertiary/aromatic N) is 3. The van der Waals surface area contributed by atoms with Crippen molar-refractivity contribution < 1.29 is 31.8 Å². The van der Waals surface area contributed by atoms with Gasteiger partial charge >= 0.3 is 6.18 Å². The maximum Gasteiger partial charge on any atom is 0.417 e. The molecule has 1 atom stereocenters. The van der Waals surface area contributed by atoms with Crippen molar-refractivity contribution in [1.29, 1.82) is 5.26 Å². The van der Waals surface area contributed by atoms with Crippen LogP contribution in [0, 0.1) is 17.1 Å². The highest BCUT2D eigenvalue weighted by molar-refractivity contribution is 7.81. The first-order valence-corrected chi connectivity index (χ1v) is 10.7. The van der Waals surface area contributed by atoms with Gasteiger partial charge in [-0.25, -0.2) is 4.39 Å². The van der Waals surface area contributed by atoms with E-state index in [1.165, 1.54) is 43.0 Å². The molecule has 4 rings (SSSR count). The average molecular weight is 493 g/mol. The Bertz CT molecular complexity index is 1200. The number of hydrogen-bond donors (Lipinski definition) is 0. The number of anilines is 2. The van der Waals surface area contributed by atoms with E-state index >= 15 is 0 Å². The molecule has 11 heteroatoms. The Morgan fingerprint density at radius 1 is 1.21 bits per heavy atom. The maximum atomic E-state index is 14.8. The van der Waals surface area contributed by atoms with Crippen LogP contribution in [0.3, 0.4) is 0 Å². The summed E-state index contributed by atoms with van der Waals surface area (Å²) in [5.74, 6) is -1.25. The quantitative estimate of drug-likeness (QED) is 0.450. The van der Waals surface area contributed by atoms with Crippen molar-refractivity contribution in [2.75, 3.05) is 23.0 Å². The molecule has 0 saturated carbocycles. The van der Waals surface area contributed by atoms with E-state index in [-0.39, 0.29) is 28.3 Å². The normalized spacial score (nSPS) is 20.1. The molecule has 2 saturated heterocycles. The third-order valence-electron chi connectivity index (χ3n) is 5.71. The number of ether oxygens (including phenoxy) is 2.